The molecule has 4 aliphatic rings. The number of hydrogen-bond donors (Lipinski definition) is 3. The van der Waals surface area contributed by atoms with Crippen molar-refractivity contribution in [2.45, 2.75) is 85.2 Å². The molecule has 0 fully saturated rings. The van der Waals surface area contributed by atoms with E-state index in [2.05, 4.69) is 5.32 Å². The molecule has 0 aromatic heterocycles. The Labute approximate surface area is 261 Å². The van der Waals surface area contributed by atoms with Crippen LogP contribution < -0.4 is 10.1 Å². The predicted molar refractivity (Wildman–Crippen MR) is 163 cm³/mol. The maximum Gasteiger partial charge on any atom is 0.312 e. The lowest BCUT2D eigenvalue weighted by atomic mass is 9.84. The van der Waals surface area contributed by atoms with E-state index >= 15 is 0 Å². The number of phenolic OH excluding ortho intramolecular Hbond substituents is 1. The van der Waals surface area contributed by atoms with E-state index < -0.39 is 58.5 Å². The molecule has 3 heterocycles. The van der Waals surface area contributed by atoms with Gasteiger partial charge >= 0.3 is 11.8 Å². The van der Waals surface area contributed by atoms with Crippen molar-refractivity contribution in [1.82, 2.24) is 5.32 Å². The highest BCUT2D eigenvalue weighted by atomic mass is 16.7. The summed E-state index contributed by atoms with van der Waals surface area (Å²) in [5.74, 6) is -6.25. The first-order chi connectivity index (χ1) is 21.2. The van der Waals surface area contributed by atoms with Crippen LogP contribution in [0.15, 0.2) is 47.9 Å². The van der Waals surface area contributed by atoms with Gasteiger partial charge in [0.15, 0.2) is 5.78 Å². The van der Waals surface area contributed by atoms with E-state index in [1.807, 2.05) is 19.9 Å². The number of carbonyl (C=O) groups excluding carboxylic acids is 5. The number of ketones is 3. The first kappa shape index (κ1) is 33.4. The number of rotatable bonds is 1. The number of amides is 1. The normalized spacial score (nSPS) is 30.3. The van der Waals surface area contributed by atoms with E-state index in [-0.39, 0.29) is 45.5 Å². The lowest BCUT2D eigenvalue weighted by molar-refractivity contribution is -0.156. The van der Waals surface area contributed by atoms with E-state index in [1.165, 1.54) is 27.0 Å². The number of aliphatic hydroxyl groups is 1. The molecule has 45 heavy (non-hydrogen) atoms. The largest absolute Gasteiger partial charge is 0.507 e. The van der Waals surface area contributed by atoms with Crippen molar-refractivity contribution < 1.29 is 48.4 Å². The van der Waals surface area contributed by atoms with Gasteiger partial charge in [0.05, 0.1) is 34.8 Å². The molecule has 1 amide bonds. The number of Topliss-reactive ketones (excluding diaryl/α,β-unsaturated/α-hetero) is 2. The lowest BCUT2D eigenvalue weighted by Gasteiger charge is -2.28. The van der Waals surface area contributed by atoms with Crippen LogP contribution in [-0.4, -0.2) is 57.4 Å². The fourth-order valence-corrected chi connectivity index (χ4v) is 5.64. The molecular weight excluding hydrogens is 582 g/mol. The quantitative estimate of drug-likeness (QED) is 0.379. The van der Waals surface area contributed by atoms with Crippen molar-refractivity contribution in [3.8, 4) is 11.5 Å². The summed E-state index contributed by atoms with van der Waals surface area (Å²) in [6.45, 7) is 9.42. The van der Waals surface area contributed by atoms with E-state index in [4.69, 9.17) is 14.2 Å². The minimum Gasteiger partial charge on any atom is -0.507 e. The van der Waals surface area contributed by atoms with Crippen LogP contribution in [0, 0.1) is 18.8 Å². The van der Waals surface area contributed by atoms with Gasteiger partial charge in [-0.3, -0.25) is 24.0 Å². The van der Waals surface area contributed by atoms with Crippen LogP contribution in [0.1, 0.15) is 96.9 Å². The summed E-state index contributed by atoms with van der Waals surface area (Å²) >= 11 is 0. The van der Waals surface area contributed by atoms with Gasteiger partial charge in [-0.05, 0) is 51.0 Å². The van der Waals surface area contributed by atoms with Gasteiger partial charge in [0.1, 0.15) is 17.6 Å². The molecule has 11 nitrogen and oxygen atoms in total. The van der Waals surface area contributed by atoms with E-state index in [0.29, 0.717) is 19.3 Å². The molecule has 5 atom stereocenters. The summed E-state index contributed by atoms with van der Waals surface area (Å²) in [5.41, 5.74) is -0.961. The fraction of sp³-hybridized carbons (Fsp3) is 0.441. The standard InChI is InChI=1S/C34H39NO10/c1-17-10-7-12-19(3)33(42)35-22-16-24(38)25-26(29(22)40)28(39)20(4)31-27(25)32(41)34(6,45-31)43-15-9-13-18(2)30(44-21(5)36)23(37)14-8-11-17/h7,9-10,12,15-18,23,30,37,39H,8,11,13-14H2,1-6H3,(H,35,42)/b10-7+,15-9+,19-12-/t17?,18-,23?,30?,34+/m1/s1. The van der Waals surface area contributed by atoms with Gasteiger partial charge in [-0.2, -0.15) is 0 Å². The number of nitrogens with one attached hydrogen (secondary N) is 1. The molecule has 3 unspecified atom stereocenters. The van der Waals surface area contributed by atoms with E-state index in [9.17, 15) is 34.2 Å². The molecule has 0 saturated heterocycles. The fourth-order valence-electron chi connectivity index (χ4n) is 5.64. The molecule has 5 bridgehead atoms. The lowest BCUT2D eigenvalue weighted by Crippen LogP contribution is -2.38. The van der Waals surface area contributed by atoms with Crippen molar-refractivity contribution in [1.29, 1.82) is 0 Å². The number of aromatic hydroxyl groups is 1. The van der Waals surface area contributed by atoms with Gasteiger partial charge in [-0.15, -0.1) is 0 Å². The Morgan fingerprint density at radius 1 is 1.09 bits per heavy atom. The summed E-state index contributed by atoms with van der Waals surface area (Å²) < 4.78 is 17.1. The molecule has 0 spiro atoms. The van der Waals surface area contributed by atoms with Gasteiger partial charge in [0, 0.05) is 31.1 Å². The number of carbonyl (C=O) groups is 5. The Morgan fingerprint density at radius 3 is 2.49 bits per heavy atom. The van der Waals surface area contributed by atoms with Crippen LogP contribution in [0.25, 0.3) is 0 Å². The Morgan fingerprint density at radius 2 is 1.80 bits per heavy atom. The number of hydrogen-bond acceptors (Lipinski definition) is 10. The molecule has 1 aromatic carbocycles. The number of aliphatic hydroxyl groups excluding tert-OH is 1. The van der Waals surface area contributed by atoms with E-state index in [0.717, 1.165) is 12.5 Å². The molecule has 3 N–H and O–H groups in total. The summed E-state index contributed by atoms with van der Waals surface area (Å²) in [6.07, 6.45) is 9.37. The molecule has 3 aliphatic heterocycles. The van der Waals surface area contributed by atoms with Crippen LogP contribution in [-0.2, 0) is 19.1 Å². The number of ether oxygens (including phenoxy) is 3. The van der Waals surface area contributed by atoms with Crippen LogP contribution in [0.3, 0.4) is 0 Å². The SMILES string of the molecule is CC(=O)OC1C(O)CCCC(C)/C=C/C=C(/C)C(=O)NC2=CC(=O)c3c(c(O)c(C)c4c3C(=O)[C@@](C)(O/C=C/C[C@H]1C)O4)C2=O. The molecule has 1 aliphatic carbocycles. The van der Waals surface area contributed by atoms with Gasteiger partial charge < -0.3 is 29.7 Å². The number of phenols is 1. The van der Waals surface area contributed by atoms with Gasteiger partial charge in [0.2, 0.25) is 5.78 Å². The zero-order valence-electron chi connectivity index (χ0n) is 26.3. The Balaban J connectivity index is 1.73. The molecule has 0 saturated carbocycles. The topological polar surface area (TPSA) is 166 Å². The third kappa shape index (κ3) is 6.78. The minimum atomic E-state index is -1.93. The number of benzene rings is 1. The first-order valence-corrected chi connectivity index (χ1v) is 14.9. The first-order valence-electron chi connectivity index (χ1n) is 14.9. The zero-order chi connectivity index (χ0) is 33.2. The molecule has 1 aromatic rings. The smallest absolute Gasteiger partial charge is 0.312 e. The predicted octanol–water partition coefficient (Wildman–Crippen LogP) is 4.54. The second kappa shape index (κ2) is 13.2. The number of fused-ring (bicyclic) bond motifs is 14. The number of esters is 1. The van der Waals surface area contributed by atoms with Crippen LogP contribution in [0.5, 0.6) is 11.5 Å². The molecule has 11 heteroatoms. The Hall–Kier alpha value is -4.51. The van der Waals surface area contributed by atoms with E-state index in [1.54, 1.807) is 25.2 Å². The highest BCUT2D eigenvalue weighted by Crippen LogP contribution is 2.47. The molecule has 5 rings (SSSR count). The third-order valence-corrected chi connectivity index (χ3v) is 8.28. The van der Waals surface area contributed by atoms with Crippen LogP contribution in [0.4, 0.5) is 0 Å². The summed E-state index contributed by atoms with van der Waals surface area (Å²) in [7, 11) is 0. The average molecular weight is 622 g/mol. The molecular formula is C34H39NO10. The summed E-state index contributed by atoms with van der Waals surface area (Å²) in [4.78, 5) is 65.2. The van der Waals surface area contributed by atoms with Gasteiger partial charge in [0.25, 0.3) is 11.7 Å². The Kier molecular flexibility index (Phi) is 9.82. The van der Waals surface area contributed by atoms with Gasteiger partial charge in [-0.25, -0.2) is 0 Å². The second-order valence-electron chi connectivity index (χ2n) is 12.0. The monoisotopic (exact) mass is 621 g/mol. The van der Waals surface area contributed by atoms with Crippen molar-refractivity contribution in [3.63, 3.8) is 0 Å². The average Bonchev–Trinajstić information content (AvgIpc) is 3.23. The Bertz CT molecular complexity index is 1560. The van der Waals surface area contributed by atoms with Crippen molar-refractivity contribution in [3.05, 3.63) is 70.2 Å². The van der Waals surface area contributed by atoms with Gasteiger partial charge in [-0.1, -0.05) is 38.5 Å². The van der Waals surface area contributed by atoms with Crippen molar-refractivity contribution >= 4 is 29.2 Å². The zero-order valence-corrected chi connectivity index (χ0v) is 26.3. The highest BCUT2D eigenvalue weighted by molar-refractivity contribution is 6.30. The maximum absolute atomic E-state index is 13.7. The minimum absolute atomic E-state index is 0.0508. The third-order valence-electron chi connectivity index (χ3n) is 8.28. The van der Waals surface area contributed by atoms with Crippen molar-refractivity contribution in [2.24, 2.45) is 11.8 Å². The summed E-state index contributed by atoms with van der Waals surface area (Å²) in [5, 5.41) is 24.4. The van der Waals surface area contributed by atoms with Crippen LogP contribution >= 0.6 is 0 Å². The van der Waals surface area contributed by atoms with Crippen molar-refractivity contribution in [2.75, 3.05) is 0 Å². The number of allylic oxidation sites excluding steroid dienone is 6. The molecule has 240 valence electrons. The van der Waals surface area contributed by atoms with Crippen LogP contribution in [0.2, 0.25) is 0 Å². The maximum atomic E-state index is 13.7. The molecule has 0 radical (unpaired) electrons. The summed E-state index contributed by atoms with van der Waals surface area (Å²) in [6, 6.07) is 0. The second-order valence-corrected chi connectivity index (χ2v) is 12.0. The highest BCUT2D eigenvalue weighted by Gasteiger charge is 2.51.